The second-order valence-electron chi connectivity index (χ2n) is 6.80. The highest BCUT2D eigenvalue weighted by Crippen LogP contribution is 2.18. The highest BCUT2D eigenvalue weighted by atomic mass is 16.5. The van der Waals surface area contributed by atoms with Gasteiger partial charge in [0.1, 0.15) is 12.1 Å². The van der Waals surface area contributed by atoms with Gasteiger partial charge in [0.05, 0.1) is 24.9 Å². The lowest BCUT2D eigenvalue weighted by Gasteiger charge is -2.27. The third kappa shape index (κ3) is 5.12. The largest absolute Gasteiger partial charge is 0.378 e. The smallest absolute Gasteiger partial charge is 0.237 e. The molecule has 1 amide bonds. The Bertz CT molecular complexity index is 556. The van der Waals surface area contributed by atoms with Gasteiger partial charge in [-0.15, -0.1) is 0 Å². The van der Waals surface area contributed by atoms with Gasteiger partial charge in [-0.2, -0.15) is 0 Å². The van der Waals surface area contributed by atoms with E-state index in [1.54, 1.807) is 6.33 Å². The van der Waals surface area contributed by atoms with Crippen LogP contribution in [0.1, 0.15) is 44.7 Å². The Labute approximate surface area is 149 Å². The summed E-state index contributed by atoms with van der Waals surface area (Å²) in [6.45, 7) is 5.77. The highest BCUT2D eigenvalue weighted by Gasteiger charge is 2.22. The maximum absolute atomic E-state index is 12.4. The average molecular weight is 347 g/mol. The lowest BCUT2D eigenvalue weighted by molar-refractivity contribution is -0.123. The van der Waals surface area contributed by atoms with E-state index in [-0.39, 0.29) is 11.9 Å². The summed E-state index contributed by atoms with van der Waals surface area (Å²) >= 11 is 0. The summed E-state index contributed by atoms with van der Waals surface area (Å²) < 4.78 is 5.38. The Kier molecular flexibility index (Phi) is 6.58. The van der Waals surface area contributed by atoms with E-state index in [0.29, 0.717) is 12.6 Å². The van der Waals surface area contributed by atoms with Crippen LogP contribution in [0.4, 0.5) is 5.82 Å². The number of nitrogens with zero attached hydrogens (tertiary/aromatic N) is 3. The zero-order valence-electron chi connectivity index (χ0n) is 15.0. The molecule has 2 aliphatic rings. The number of morpholine rings is 1. The van der Waals surface area contributed by atoms with Gasteiger partial charge in [-0.25, -0.2) is 9.97 Å². The van der Waals surface area contributed by atoms with Crippen molar-refractivity contribution >= 4 is 11.7 Å². The molecule has 1 unspecified atom stereocenters. The number of amides is 1. The van der Waals surface area contributed by atoms with Gasteiger partial charge in [0, 0.05) is 31.7 Å². The second kappa shape index (κ2) is 9.10. The van der Waals surface area contributed by atoms with Gasteiger partial charge in [0.15, 0.2) is 0 Å². The van der Waals surface area contributed by atoms with Crippen LogP contribution in [-0.2, 0) is 16.1 Å². The fraction of sp³-hybridized carbons (Fsp3) is 0.722. The number of carbonyl (C=O) groups excluding carboxylic acids is 1. The first kappa shape index (κ1) is 18.1. The number of nitrogens with one attached hydrogen (secondary N) is 2. The normalized spacial score (nSPS) is 19.8. The molecular weight excluding hydrogens is 318 g/mol. The minimum atomic E-state index is -0.178. The third-order valence-electron chi connectivity index (χ3n) is 5.00. The van der Waals surface area contributed by atoms with Gasteiger partial charge in [0.2, 0.25) is 5.91 Å². The van der Waals surface area contributed by atoms with Crippen molar-refractivity contribution in [3.05, 3.63) is 18.1 Å². The molecule has 7 heteroatoms. The molecule has 1 aliphatic heterocycles. The first-order valence-electron chi connectivity index (χ1n) is 9.43. The molecule has 1 aromatic heterocycles. The van der Waals surface area contributed by atoms with Crippen molar-refractivity contribution in [1.29, 1.82) is 0 Å². The monoisotopic (exact) mass is 347 g/mol. The number of aromatic nitrogens is 2. The molecular formula is C18H29N5O2. The van der Waals surface area contributed by atoms with Gasteiger partial charge in [-0.05, 0) is 19.3 Å². The van der Waals surface area contributed by atoms with Crippen LogP contribution in [0.2, 0.25) is 0 Å². The molecule has 138 valence electrons. The number of anilines is 1. The molecule has 1 atom stereocenters. The van der Waals surface area contributed by atoms with Crippen molar-refractivity contribution in [2.45, 2.75) is 57.7 Å². The summed E-state index contributed by atoms with van der Waals surface area (Å²) in [6.07, 6.45) is 7.02. The Morgan fingerprint density at radius 1 is 1.32 bits per heavy atom. The lowest BCUT2D eigenvalue weighted by atomic mass is 10.1. The van der Waals surface area contributed by atoms with Crippen molar-refractivity contribution in [2.75, 3.05) is 31.2 Å². The molecule has 0 aromatic carbocycles. The van der Waals surface area contributed by atoms with Crippen LogP contribution < -0.4 is 15.5 Å². The van der Waals surface area contributed by atoms with Crippen molar-refractivity contribution in [3.63, 3.8) is 0 Å². The third-order valence-corrected chi connectivity index (χ3v) is 5.00. The van der Waals surface area contributed by atoms with E-state index in [1.807, 2.05) is 13.0 Å². The molecule has 0 radical (unpaired) electrons. The second-order valence-corrected chi connectivity index (χ2v) is 6.80. The topological polar surface area (TPSA) is 79.4 Å². The molecule has 1 aromatic rings. The average Bonchev–Trinajstić information content (AvgIpc) is 3.16. The van der Waals surface area contributed by atoms with Crippen molar-refractivity contribution in [3.8, 4) is 0 Å². The molecule has 2 N–H and O–H groups in total. The van der Waals surface area contributed by atoms with E-state index in [9.17, 15) is 4.79 Å². The number of hydrogen-bond acceptors (Lipinski definition) is 6. The van der Waals surface area contributed by atoms with Gasteiger partial charge >= 0.3 is 0 Å². The predicted molar refractivity (Wildman–Crippen MR) is 96.4 cm³/mol. The van der Waals surface area contributed by atoms with E-state index >= 15 is 0 Å². The van der Waals surface area contributed by atoms with Crippen LogP contribution in [-0.4, -0.2) is 54.3 Å². The summed E-state index contributed by atoms with van der Waals surface area (Å²) in [5.41, 5.74) is 0.906. The summed E-state index contributed by atoms with van der Waals surface area (Å²) in [5, 5.41) is 6.52. The molecule has 1 aliphatic carbocycles. The lowest BCUT2D eigenvalue weighted by Crippen LogP contribution is -2.46. The van der Waals surface area contributed by atoms with Gasteiger partial charge in [-0.3, -0.25) is 4.79 Å². The zero-order valence-corrected chi connectivity index (χ0v) is 15.0. The number of ether oxygens (including phenoxy) is 1. The van der Waals surface area contributed by atoms with E-state index in [1.165, 1.54) is 12.8 Å². The summed E-state index contributed by atoms with van der Waals surface area (Å²) in [4.78, 5) is 23.4. The molecule has 2 fully saturated rings. The Morgan fingerprint density at radius 3 is 2.80 bits per heavy atom. The minimum Gasteiger partial charge on any atom is -0.378 e. The van der Waals surface area contributed by atoms with E-state index in [4.69, 9.17) is 4.74 Å². The van der Waals surface area contributed by atoms with Crippen LogP contribution >= 0.6 is 0 Å². The van der Waals surface area contributed by atoms with Gasteiger partial charge in [-0.1, -0.05) is 19.8 Å². The van der Waals surface area contributed by atoms with Crippen LogP contribution in [0.25, 0.3) is 0 Å². The fourth-order valence-corrected chi connectivity index (χ4v) is 3.47. The molecule has 1 saturated heterocycles. The standard InChI is InChI=1S/C18H29N5O2/c1-2-16(18(24)22-14-5-3-4-6-14)19-12-15-11-17(21-13-20-15)23-7-9-25-10-8-23/h11,13-14,16,19H,2-10,12H2,1H3,(H,22,24). The van der Waals surface area contributed by atoms with E-state index < -0.39 is 0 Å². The zero-order chi connectivity index (χ0) is 17.5. The number of hydrogen-bond donors (Lipinski definition) is 2. The minimum absolute atomic E-state index is 0.108. The quantitative estimate of drug-likeness (QED) is 0.773. The van der Waals surface area contributed by atoms with Crippen LogP contribution in [0.5, 0.6) is 0 Å². The van der Waals surface area contributed by atoms with Crippen molar-refractivity contribution in [1.82, 2.24) is 20.6 Å². The maximum Gasteiger partial charge on any atom is 0.237 e. The van der Waals surface area contributed by atoms with E-state index in [2.05, 4.69) is 25.5 Å². The number of rotatable bonds is 7. The van der Waals surface area contributed by atoms with Gasteiger partial charge < -0.3 is 20.3 Å². The molecule has 2 heterocycles. The van der Waals surface area contributed by atoms with Crippen LogP contribution in [0.15, 0.2) is 12.4 Å². The van der Waals surface area contributed by atoms with Crippen LogP contribution in [0.3, 0.4) is 0 Å². The Morgan fingerprint density at radius 2 is 2.08 bits per heavy atom. The SMILES string of the molecule is CCC(NCc1cc(N2CCOCC2)ncn1)C(=O)NC1CCCC1. The Balaban J connectivity index is 1.53. The van der Waals surface area contributed by atoms with Crippen molar-refractivity contribution in [2.24, 2.45) is 0 Å². The molecule has 0 bridgehead atoms. The molecule has 25 heavy (non-hydrogen) atoms. The highest BCUT2D eigenvalue weighted by molar-refractivity contribution is 5.82. The summed E-state index contributed by atoms with van der Waals surface area (Å²) in [7, 11) is 0. The Hall–Kier alpha value is -1.73. The molecule has 0 spiro atoms. The molecule has 1 saturated carbocycles. The number of carbonyl (C=O) groups is 1. The molecule has 3 rings (SSSR count). The maximum atomic E-state index is 12.4. The van der Waals surface area contributed by atoms with Crippen LogP contribution in [0, 0.1) is 0 Å². The van der Waals surface area contributed by atoms with Gasteiger partial charge in [0.25, 0.3) is 0 Å². The fourth-order valence-electron chi connectivity index (χ4n) is 3.47. The molecule has 7 nitrogen and oxygen atoms in total. The van der Waals surface area contributed by atoms with Crippen molar-refractivity contribution < 1.29 is 9.53 Å². The summed E-state index contributed by atoms with van der Waals surface area (Å²) in [5.74, 6) is 1.04. The predicted octanol–water partition coefficient (Wildman–Crippen LogP) is 1.24. The first-order chi connectivity index (χ1) is 12.3. The summed E-state index contributed by atoms with van der Waals surface area (Å²) in [6, 6.07) is 2.18. The first-order valence-corrected chi connectivity index (χ1v) is 9.43. The van der Waals surface area contributed by atoms with E-state index in [0.717, 1.165) is 57.1 Å².